The van der Waals surface area contributed by atoms with Gasteiger partial charge in [0.1, 0.15) is 12.7 Å². The van der Waals surface area contributed by atoms with Crippen LogP contribution in [0.5, 0.6) is 0 Å². The Hall–Kier alpha value is -2.29. The number of cyclic esters (lactones) is 1. The maximum atomic E-state index is 12.3. The van der Waals surface area contributed by atoms with E-state index in [0.29, 0.717) is 25.0 Å². The predicted octanol–water partition coefficient (Wildman–Crippen LogP) is 4.76. The molecule has 2 saturated heterocycles. The van der Waals surface area contributed by atoms with Crippen molar-refractivity contribution in [2.75, 3.05) is 19.8 Å². The molecule has 4 aliphatic rings. The van der Waals surface area contributed by atoms with Gasteiger partial charge in [-0.15, -0.1) is 0 Å². The Balaban J connectivity index is 1.37. The SMILES string of the molecule is CC(C)(C)[Si](OC[C@@]1(C)[C@H]2CC[C@@]3(CO3)[C@@H](C/C=C3/C(=O)OC[C@H]3O)[C@]2(C)CC[C@H]1O)(c1ccccc1)c1ccccc1. The standard InChI is InChI=1S/C36H48O6Si/c1-33(2,3)43(25-12-8-6-9-13-25,26-14-10-7-11-15-26)42-23-35(5)29-18-21-36(24-41-36)30(34(29,4)20-19-31(35)38)17-16-27-28(37)22-40-32(27)39/h6-16,28-31,37-38H,17-24H2,1-5H3/b27-16+/t28-,29+,30+,31-,34-,35+,36-/m1/s1. The summed E-state index contributed by atoms with van der Waals surface area (Å²) in [6, 6.07) is 21.4. The van der Waals surface area contributed by atoms with Gasteiger partial charge in [0.2, 0.25) is 0 Å². The number of hydrogen-bond donors (Lipinski definition) is 2. The fourth-order valence-corrected chi connectivity index (χ4v) is 13.9. The molecule has 7 atom stereocenters. The van der Waals surface area contributed by atoms with E-state index >= 15 is 0 Å². The lowest BCUT2D eigenvalue weighted by Gasteiger charge is -2.61. The summed E-state index contributed by atoms with van der Waals surface area (Å²) in [4.78, 5) is 12.3. The first-order valence-corrected chi connectivity index (χ1v) is 17.9. The highest BCUT2D eigenvalue weighted by molar-refractivity contribution is 6.99. The van der Waals surface area contributed by atoms with Crippen molar-refractivity contribution in [1.29, 1.82) is 0 Å². The summed E-state index contributed by atoms with van der Waals surface area (Å²) in [6.07, 6.45) is 4.68. The summed E-state index contributed by atoms with van der Waals surface area (Å²) in [5.74, 6) is -0.0365. The molecule has 0 aromatic heterocycles. The van der Waals surface area contributed by atoms with E-state index in [9.17, 15) is 15.0 Å². The molecule has 0 radical (unpaired) electrons. The number of benzene rings is 2. The summed E-state index contributed by atoms with van der Waals surface area (Å²) in [5, 5.41) is 24.5. The molecular formula is C36H48O6Si. The summed E-state index contributed by atoms with van der Waals surface area (Å²) in [7, 11) is -2.80. The third-order valence-corrected chi connectivity index (χ3v) is 16.7. The Kier molecular flexibility index (Phi) is 7.82. The minimum Gasteiger partial charge on any atom is -0.459 e. The molecule has 2 heterocycles. The second-order valence-electron chi connectivity index (χ2n) is 15.0. The molecular weight excluding hydrogens is 556 g/mol. The van der Waals surface area contributed by atoms with Crippen LogP contribution < -0.4 is 10.4 Å². The van der Waals surface area contributed by atoms with E-state index in [1.807, 2.05) is 6.08 Å². The molecule has 232 valence electrons. The van der Waals surface area contributed by atoms with Crippen molar-refractivity contribution in [2.45, 2.75) is 89.6 Å². The van der Waals surface area contributed by atoms with Gasteiger partial charge in [-0.05, 0) is 64.8 Å². The van der Waals surface area contributed by atoms with Gasteiger partial charge in [-0.3, -0.25) is 0 Å². The molecule has 0 unspecified atom stereocenters. The first kappa shape index (κ1) is 30.7. The summed E-state index contributed by atoms with van der Waals surface area (Å²) in [6.45, 7) is 12.7. The summed E-state index contributed by atoms with van der Waals surface area (Å²) >= 11 is 0. The first-order valence-electron chi connectivity index (χ1n) is 16.0. The molecule has 2 aliphatic heterocycles. The molecule has 7 heteroatoms. The van der Waals surface area contributed by atoms with Gasteiger partial charge in [0.05, 0.1) is 23.9 Å². The number of ether oxygens (including phenoxy) is 2. The molecule has 4 fully saturated rings. The third kappa shape index (κ3) is 4.96. The van der Waals surface area contributed by atoms with Crippen LogP contribution in [0.3, 0.4) is 0 Å². The molecule has 43 heavy (non-hydrogen) atoms. The van der Waals surface area contributed by atoms with E-state index in [1.165, 1.54) is 10.4 Å². The lowest BCUT2D eigenvalue weighted by molar-refractivity contribution is -0.173. The number of hydrogen-bond acceptors (Lipinski definition) is 6. The molecule has 2 aromatic carbocycles. The lowest BCUT2D eigenvalue weighted by atomic mass is 9.45. The van der Waals surface area contributed by atoms with Crippen LogP contribution in [0.25, 0.3) is 0 Å². The predicted molar refractivity (Wildman–Crippen MR) is 170 cm³/mol. The smallest absolute Gasteiger partial charge is 0.336 e. The lowest BCUT2D eigenvalue weighted by Crippen LogP contribution is -2.68. The number of epoxide rings is 1. The Labute approximate surface area is 257 Å². The highest BCUT2D eigenvalue weighted by Crippen LogP contribution is 2.66. The van der Waals surface area contributed by atoms with Gasteiger partial charge in [0.15, 0.2) is 0 Å². The number of esters is 1. The topological polar surface area (TPSA) is 88.5 Å². The van der Waals surface area contributed by atoms with E-state index in [2.05, 4.69) is 95.3 Å². The fourth-order valence-electron chi connectivity index (χ4n) is 9.25. The molecule has 0 amide bonds. The van der Waals surface area contributed by atoms with Crippen molar-refractivity contribution in [1.82, 2.24) is 0 Å². The van der Waals surface area contributed by atoms with Gasteiger partial charge in [-0.2, -0.15) is 0 Å². The van der Waals surface area contributed by atoms with Crippen LogP contribution in [-0.4, -0.2) is 62.1 Å². The second kappa shape index (κ2) is 11.0. The van der Waals surface area contributed by atoms with E-state index < -0.39 is 31.9 Å². The fraction of sp³-hybridized carbons (Fsp3) is 0.583. The van der Waals surface area contributed by atoms with Crippen LogP contribution in [0.15, 0.2) is 72.3 Å². The van der Waals surface area contributed by atoms with Crippen molar-refractivity contribution in [2.24, 2.45) is 22.7 Å². The number of carbonyl (C=O) groups excluding carboxylic acids is 1. The molecule has 2 aliphatic carbocycles. The van der Waals surface area contributed by atoms with Crippen molar-refractivity contribution in [3.8, 4) is 0 Å². The molecule has 2 aromatic rings. The molecule has 6 rings (SSSR count). The number of fused-ring (bicyclic) bond motifs is 1. The zero-order chi connectivity index (χ0) is 30.7. The number of allylic oxidation sites excluding steroid dienone is 1. The number of rotatable bonds is 7. The normalized spacial score (nSPS) is 36.9. The average Bonchev–Trinajstić information content (AvgIpc) is 3.68. The van der Waals surface area contributed by atoms with Gasteiger partial charge in [-0.25, -0.2) is 4.79 Å². The second-order valence-corrected chi connectivity index (χ2v) is 19.3. The van der Waals surface area contributed by atoms with Crippen LogP contribution in [0.2, 0.25) is 5.04 Å². The number of aliphatic hydroxyl groups is 2. The Morgan fingerprint density at radius 3 is 2.09 bits per heavy atom. The monoisotopic (exact) mass is 604 g/mol. The Morgan fingerprint density at radius 1 is 0.977 bits per heavy atom. The maximum absolute atomic E-state index is 12.3. The zero-order valence-electron chi connectivity index (χ0n) is 26.3. The van der Waals surface area contributed by atoms with E-state index in [4.69, 9.17) is 13.9 Å². The largest absolute Gasteiger partial charge is 0.459 e. The molecule has 1 spiro atoms. The first-order chi connectivity index (χ1) is 20.4. The summed E-state index contributed by atoms with van der Waals surface area (Å²) < 4.78 is 18.8. The zero-order valence-corrected chi connectivity index (χ0v) is 27.3. The van der Waals surface area contributed by atoms with Crippen LogP contribution in [-0.2, 0) is 18.7 Å². The van der Waals surface area contributed by atoms with E-state index in [0.717, 1.165) is 25.9 Å². The molecule has 2 N–H and O–H groups in total. The summed E-state index contributed by atoms with van der Waals surface area (Å²) in [5.41, 5.74) is -0.414. The minimum absolute atomic E-state index is 0.0285. The van der Waals surface area contributed by atoms with Gasteiger partial charge in [-0.1, -0.05) is 101 Å². The highest BCUT2D eigenvalue weighted by atomic mass is 28.4. The number of aliphatic hydroxyl groups excluding tert-OH is 2. The van der Waals surface area contributed by atoms with Crippen LogP contribution >= 0.6 is 0 Å². The van der Waals surface area contributed by atoms with Crippen molar-refractivity contribution in [3.05, 3.63) is 72.3 Å². The highest BCUT2D eigenvalue weighted by Gasteiger charge is 2.67. The van der Waals surface area contributed by atoms with Crippen molar-refractivity contribution < 1.29 is 28.9 Å². The average molecular weight is 605 g/mol. The van der Waals surface area contributed by atoms with Gasteiger partial charge in [0, 0.05) is 12.0 Å². The van der Waals surface area contributed by atoms with Crippen molar-refractivity contribution in [3.63, 3.8) is 0 Å². The molecule has 6 nitrogen and oxygen atoms in total. The van der Waals surface area contributed by atoms with E-state index in [-0.39, 0.29) is 34.5 Å². The van der Waals surface area contributed by atoms with Crippen LogP contribution in [0.4, 0.5) is 0 Å². The minimum atomic E-state index is -2.80. The Morgan fingerprint density at radius 2 is 1.58 bits per heavy atom. The van der Waals surface area contributed by atoms with Crippen LogP contribution in [0.1, 0.15) is 66.7 Å². The van der Waals surface area contributed by atoms with Gasteiger partial charge >= 0.3 is 5.97 Å². The van der Waals surface area contributed by atoms with Gasteiger partial charge in [0.25, 0.3) is 8.32 Å². The molecule has 0 bridgehead atoms. The van der Waals surface area contributed by atoms with Crippen LogP contribution in [0, 0.1) is 22.7 Å². The maximum Gasteiger partial charge on any atom is 0.336 e. The van der Waals surface area contributed by atoms with Gasteiger partial charge < -0.3 is 24.1 Å². The van der Waals surface area contributed by atoms with Crippen molar-refractivity contribution >= 4 is 24.7 Å². The number of carbonyl (C=O) groups is 1. The van der Waals surface area contributed by atoms with E-state index in [1.54, 1.807) is 0 Å². The molecule has 2 saturated carbocycles. The Bertz CT molecular complexity index is 1310. The third-order valence-electron chi connectivity index (χ3n) is 11.7. The quantitative estimate of drug-likeness (QED) is 0.205.